The Kier molecular flexibility index (Phi) is 7.21. The zero-order valence-electron chi connectivity index (χ0n) is 14.4. The highest BCUT2D eigenvalue weighted by molar-refractivity contribution is 5.82. The average molecular weight is 332 g/mol. The Morgan fingerprint density at radius 1 is 1.17 bits per heavy atom. The summed E-state index contributed by atoms with van der Waals surface area (Å²) in [5.74, 6) is 0.0475. The van der Waals surface area contributed by atoms with Crippen molar-refractivity contribution in [3.63, 3.8) is 0 Å². The molecule has 6 nitrogen and oxygen atoms in total. The predicted molar refractivity (Wildman–Crippen MR) is 94.2 cm³/mol. The van der Waals surface area contributed by atoms with Gasteiger partial charge in [0.1, 0.15) is 0 Å². The molecule has 1 aromatic rings. The Balaban J connectivity index is 1.69. The second kappa shape index (κ2) is 9.39. The Morgan fingerprint density at radius 3 is 2.46 bits per heavy atom. The number of nitrogens with zero attached hydrogens (tertiary/aromatic N) is 2. The van der Waals surface area contributed by atoms with Crippen LogP contribution in [-0.4, -0.2) is 60.4 Å². The first-order chi connectivity index (χ1) is 11.6. The topological polar surface area (TPSA) is 78.7 Å². The normalized spacial score (nSPS) is 16.7. The summed E-state index contributed by atoms with van der Waals surface area (Å²) in [4.78, 5) is 28.1. The minimum absolute atomic E-state index is 0.0151. The number of carbonyl (C=O) groups is 2. The highest BCUT2D eigenvalue weighted by Crippen LogP contribution is 2.06. The number of hydrogen-bond acceptors (Lipinski definition) is 4. The van der Waals surface area contributed by atoms with Gasteiger partial charge in [-0.05, 0) is 12.0 Å². The zero-order valence-corrected chi connectivity index (χ0v) is 14.4. The maximum atomic E-state index is 12.2. The molecule has 0 radical (unpaired) electrons. The van der Waals surface area contributed by atoms with Crippen molar-refractivity contribution < 1.29 is 9.59 Å². The van der Waals surface area contributed by atoms with Crippen LogP contribution in [0.3, 0.4) is 0 Å². The minimum atomic E-state index is -0.393. The maximum Gasteiger partial charge on any atom is 0.239 e. The van der Waals surface area contributed by atoms with Crippen molar-refractivity contribution in [3.05, 3.63) is 35.9 Å². The molecule has 0 saturated carbocycles. The molecule has 24 heavy (non-hydrogen) atoms. The molecule has 2 amide bonds. The predicted octanol–water partition coefficient (Wildman–Crippen LogP) is 0.574. The van der Waals surface area contributed by atoms with E-state index in [1.165, 1.54) is 0 Å². The second-order valence-electron chi connectivity index (χ2n) is 6.26. The number of benzene rings is 1. The Morgan fingerprint density at radius 2 is 1.83 bits per heavy atom. The number of amides is 2. The zero-order chi connectivity index (χ0) is 17.4. The molecule has 2 rings (SSSR count). The summed E-state index contributed by atoms with van der Waals surface area (Å²) in [6.07, 6.45) is 1.63. The smallest absolute Gasteiger partial charge is 0.239 e. The first-order valence-corrected chi connectivity index (χ1v) is 8.67. The molecule has 6 heteroatoms. The van der Waals surface area contributed by atoms with Gasteiger partial charge in [0.15, 0.2) is 0 Å². The van der Waals surface area contributed by atoms with E-state index in [0.29, 0.717) is 39.3 Å². The van der Waals surface area contributed by atoms with E-state index in [1.807, 2.05) is 42.2 Å². The third-order valence-electron chi connectivity index (χ3n) is 4.30. The highest BCUT2D eigenvalue weighted by atomic mass is 16.2. The van der Waals surface area contributed by atoms with Gasteiger partial charge in [0, 0.05) is 32.7 Å². The van der Waals surface area contributed by atoms with E-state index in [1.54, 1.807) is 0 Å². The average Bonchev–Trinajstić information content (AvgIpc) is 2.61. The van der Waals surface area contributed by atoms with Gasteiger partial charge >= 0.3 is 0 Å². The van der Waals surface area contributed by atoms with Crippen molar-refractivity contribution in [2.75, 3.05) is 32.7 Å². The van der Waals surface area contributed by atoms with Crippen molar-refractivity contribution in [3.8, 4) is 0 Å². The third-order valence-corrected chi connectivity index (χ3v) is 4.30. The lowest BCUT2D eigenvalue weighted by molar-refractivity contribution is -0.134. The molecule has 0 aliphatic carbocycles. The summed E-state index contributed by atoms with van der Waals surface area (Å²) in [5, 5.41) is 2.93. The molecule has 1 saturated heterocycles. The van der Waals surface area contributed by atoms with Gasteiger partial charge in [-0.25, -0.2) is 0 Å². The number of nitrogens with two attached hydrogens (primary N) is 1. The summed E-state index contributed by atoms with van der Waals surface area (Å²) < 4.78 is 0. The van der Waals surface area contributed by atoms with Crippen LogP contribution in [0.5, 0.6) is 0 Å². The van der Waals surface area contributed by atoms with E-state index >= 15 is 0 Å². The number of nitrogens with one attached hydrogen (secondary N) is 1. The van der Waals surface area contributed by atoms with Crippen LogP contribution >= 0.6 is 0 Å². The molecular formula is C18H28N4O2. The maximum absolute atomic E-state index is 12.2. The molecule has 1 heterocycles. The number of hydrogen-bond donors (Lipinski definition) is 2. The van der Waals surface area contributed by atoms with Crippen LogP contribution in [0.2, 0.25) is 0 Å². The summed E-state index contributed by atoms with van der Waals surface area (Å²) >= 11 is 0. The van der Waals surface area contributed by atoms with Gasteiger partial charge in [0.2, 0.25) is 11.8 Å². The van der Waals surface area contributed by atoms with Gasteiger partial charge in [-0.2, -0.15) is 0 Å². The molecule has 1 atom stereocenters. The Labute approximate surface area is 144 Å². The number of rotatable bonds is 7. The lowest BCUT2D eigenvalue weighted by Crippen LogP contribution is -2.54. The lowest BCUT2D eigenvalue weighted by atomic mass is 10.1. The van der Waals surface area contributed by atoms with E-state index in [4.69, 9.17) is 5.73 Å². The lowest BCUT2D eigenvalue weighted by Gasteiger charge is -2.35. The van der Waals surface area contributed by atoms with Crippen LogP contribution in [-0.2, 0) is 16.1 Å². The quantitative estimate of drug-likeness (QED) is 0.765. The van der Waals surface area contributed by atoms with Crippen LogP contribution < -0.4 is 11.1 Å². The van der Waals surface area contributed by atoms with E-state index < -0.39 is 6.04 Å². The molecule has 0 bridgehead atoms. The van der Waals surface area contributed by atoms with Gasteiger partial charge in [-0.1, -0.05) is 43.7 Å². The van der Waals surface area contributed by atoms with Gasteiger partial charge in [-0.15, -0.1) is 0 Å². The molecule has 132 valence electrons. The van der Waals surface area contributed by atoms with Crippen LogP contribution in [0, 0.1) is 0 Å². The molecular weight excluding hydrogens is 304 g/mol. The fourth-order valence-electron chi connectivity index (χ4n) is 2.85. The molecule has 1 aliphatic rings. The first-order valence-electron chi connectivity index (χ1n) is 8.67. The molecule has 1 aliphatic heterocycles. The molecule has 1 unspecified atom stereocenters. The van der Waals surface area contributed by atoms with E-state index in [-0.39, 0.29) is 11.8 Å². The summed E-state index contributed by atoms with van der Waals surface area (Å²) in [7, 11) is 0. The van der Waals surface area contributed by atoms with E-state index in [9.17, 15) is 9.59 Å². The van der Waals surface area contributed by atoms with Crippen LogP contribution in [0.4, 0.5) is 0 Å². The summed E-state index contributed by atoms with van der Waals surface area (Å²) in [6.45, 7) is 5.65. The molecule has 3 N–H and O–H groups in total. The van der Waals surface area contributed by atoms with Crippen molar-refractivity contribution in [2.45, 2.75) is 32.4 Å². The van der Waals surface area contributed by atoms with Crippen molar-refractivity contribution >= 4 is 11.8 Å². The fraction of sp³-hybridized carbons (Fsp3) is 0.556. The molecule has 0 aromatic heterocycles. The minimum Gasteiger partial charge on any atom is -0.351 e. The van der Waals surface area contributed by atoms with Crippen LogP contribution in [0.15, 0.2) is 30.3 Å². The van der Waals surface area contributed by atoms with Gasteiger partial charge in [0.25, 0.3) is 0 Å². The first kappa shape index (κ1) is 18.4. The number of piperazine rings is 1. The van der Waals surface area contributed by atoms with Gasteiger partial charge in [-0.3, -0.25) is 14.5 Å². The standard InChI is InChI=1S/C18H28N4O2/c1-2-6-16(19)18(24)22-11-9-21(10-12-22)14-17(23)20-13-15-7-4-3-5-8-15/h3-5,7-8,16H,2,6,9-14,19H2,1H3,(H,20,23). The van der Waals surface area contributed by atoms with Gasteiger partial charge in [0.05, 0.1) is 12.6 Å². The summed E-state index contributed by atoms with van der Waals surface area (Å²) in [5.41, 5.74) is 6.99. The fourth-order valence-corrected chi connectivity index (χ4v) is 2.85. The Hall–Kier alpha value is -1.92. The van der Waals surface area contributed by atoms with Crippen molar-refractivity contribution in [1.29, 1.82) is 0 Å². The Bertz CT molecular complexity index is 527. The van der Waals surface area contributed by atoms with Crippen molar-refractivity contribution in [2.24, 2.45) is 5.73 Å². The van der Waals surface area contributed by atoms with E-state index in [2.05, 4.69) is 10.2 Å². The largest absolute Gasteiger partial charge is 0.351 e. The molecule has 1 aromatic carbocycles. The number of carbonyl (C=O) groups excluding carboxylic acids is 2. The van der Waals surface area contributed by atoms with Crippen LogP contribution in [0.1, 0.15) is 25.3 Å². The third kappa shape index (κ3) is 5.62. The van der Waals surface area contributed by atoms with Gasteiger partial charge < -0.3 is 16.0 Å². The van der Waals surface area contributed by atoms with E-state index in [0.717, 1.165) is 18.4 Å². The van der Waals surface area contributed by atoms with Crippen LogP contribution in [0.25, 0.3) is 0 Å². The monoisotopic (exact) mass is 332 g/mol. The molecule has 1 fully saturated rings. The SMILES string of the molecule is CCCC(N)C(=O)N1CCN(CC(=O)NCc2ccccc2)CC1. The highest BCUT2D eigenvalue weighted by Gasteiger charge is 2.25. The second-order valence-corrected chi connectivity index (χ2v) is 6.26. The molecule has 0 spiro atoms. The summed E-state index contributed by atoms with van der Waals surface area (Å²) in [6, 6.07) is 9.46. The van der Waals surface area contributed by atoms with Crippen molar-refractivity contribution in [1.82, 2.24) is 15.1 Å².